The number of carbonyl (C=O) groups excluding carboxylic acids is 1. The van der Waals surface area contributed by atoms with Crippen LogP contribution in [0.4, 0.5) is 21.6 Å². The van der Waals surface area contributed by atoms with Crippen molar-refractivity contribution in [1.82, 2.24) is 4.98 Å². The second-order valence-electron chi connectivity index (χ2n) is 5.00. The number of hydrogen-bond acceptors (Lipinski definition) is 3. The van der Waals surface area contributed by atoms with E-state index in [2.05, 4.69) is 31.5 Å². The maximum atomic E-state index is 12.9. The summed E-state index contributed by atoms with van der Waals surface area (Å²) in [4.78, 5) is 16.4. The summed E-state index contributed by atoms with van der Waals surface area (Å²) in [6.45, 7) is 0. The number of aromatic nitrogens is 1. The Kier molecular flexibility index (Phi) is 4.86. The molecule has 3 rings (SSSR count). The maximum absolute atomic E-state index is 12.9. The Morgan fingerprint density at radius 2 is 1.75 bits per heavy atom. The standard InChI is InChI=1S/C18H13BrFN3O/c19-15-3-1-2-4-16(15)23-18(24)12-5-10-17(21-11-12)22-14-8-6-13(20)7-9-14/h1-11H,(H,21,22)(H,23,24). The predicted octanol–water partition coefficient (Wildman–Crippen LogP) is 4.98. The summed E-state index contributed by atoms with van der Waals surface area (Å²) >= 11 is 3.38. The highest BCUT2D eigenvalue weighted by Gasteiger charge is 2.08. The van der Waals surface area contributed by atoms with Gasteiger partial charge in [-0.3, -0.25) is 4.79 Å². The molecule has 0 spiro atoms. The van der Waals surface area contributed by atoms with E-state index in [9.17, 15) is 9.18 Å². The summed E-state index contributed by atoms with van der Waals surface area (Å²) in [5.74, 6) is 0.0226. The summed E-state index contributed by atoms with van der Waals surface area (Å²) in [7, 11) is 0. The van der Waals surface area contributed by atoms with E-state index in [1.807, 2.05) is 18.2 Å². The molecule has 0 aliphatic heterocycles. The molecular formula is C18H13BrFN3O. The molecule has 120 valence electrons. The number of anilines is 3. The van der Waals surface area contributed by atoms with Crippen LogP contribution >= 0.6 is 15.9 Å². The number of pyridine rings is 1. The number of amides is 1. The van der Waals surface area contributed by atoms with Gasteiger partial charge < -0.3 is 10.6 Å². The minimum Gasteiger partial charge on any atom is -0.340 e. The second-order valence-corrected chi connectivity index (χ2v) is 5.85. The average Bonchev–Trinajstić information content (AvgIpc) is 2.59. The van der Waals surface area contributed by atoms with Crippen LogP contribution in [0.25, 0.3) is 0 Å². The maximum Gasteiger partial charge on any atom is 0.257 e. The van der Waals surface area contributed by atoms with E-state index in [1.165, 1.54) is 18.3 Å². The van der Waals surface area contributed by atoms with Crippen molar-refractivity contribution in [3.63, 3.8) is 0 Å². The van der Waals surface area contributed by atoms with Crippen LogP contribution in [-0.4, -0.2) is 10.9 Å². The number of hydrogen-bond donors (Lipinski definition) is 2. The molecule has 0 saturated heterocycles. The Morgan fingerprint density at radius 1 is 1.00 bits per heavy atom. The average molecular weight is 386 g/mol. The lowest BCUT2D eigenvalue weighted by atomic mass is 10.2. The van der Waals surface area contributed by atoms with Crippen molar-refractivity contribution in [3.05, 3.63) is 82.7 Å². The molecule has 1 aromatic heterocycles. The van der Waals surface area contributed by atoms with Crippen LogP contribution in [0.1, 0.15) is 10.4 Å². The van der Waals surface area contributed by atoms with Gasteiger partial charge in [-0.1, -0.05) is 12.1 Å². The van der Waals surface area contributed by atoms with Gasteiger partial charge in [-0.25, -0.2) is 9.37 Å². The molecule has 0 aliphatic rings. The van der Waals surface area contributed by atoms with Gasteiger partial charge in [-0.05, 0) is 64.5 Å². The van der Waals surface area contributed by atoms with Gasteiger partial charge in [-0.2, -0.15) is 0 Å². The third-order valence-electron chi connectivity index (χ3n) is 3.26. The fourth-order valence-corrected chi connectivity index (χ4v) is 2.42. The number of carbonyl (C=O) groups is 1. The van der Waals surface area contributed by atoms with E-state index >= 15 is 0 Å². The summed E-state index contributed by atoms with van der Waals surface area (Å²) < 4.78 is 13.7. The minimum absolute atomic E-state index is 0.247. The fourth-order valence-electron chi connectivity index (χ4n) is 2.04. The number of halogens is 2. The van der Waals surface area contributed by atoms with Crippen molar-refractivity contribution >= 4 is 39.0 Å². The first-order valence-electron chi connectivity index (χ1n) is 7.16. The van der Waals surface area contributed by atoms with Gasteiger partial charge in [0.2, 0.25) is 0 Å². The van der Waals surface area contributed by atoms with Gasteiger partial charge in [-0.15, -0.1) is 0 Å². The van der Waals surface area contributed by atoms with Crippen molar-refractivity contribution in [3.8, 4) is 0 Å². The Hall–Kier alpha value is -2.73. The molecular weight excluding hydrogens is 373 g/mol. The Balaban J connectivity index is 1.68. The topological polar surface area (TPSA) is 54.0 Å². The van der Waals surface area contributed by atoms with E-state index in [4.69, 9.17) is 0 Å². The molecule has 3 aromatic rings. The quantitative estimate of drug-likeness (QED) is 0.665. The van der Waals surface area contributed by atoms with Crippen LogP contribution in [0.2, 0.25) is 0 Å². The summed E-state index contributed by atoms with van der Waals surface area (Å²) in [5, 5.41) is 5.85. The number of rotatable bonds is 4. The molecule has 0 saturated carbocycles. The molecule has 0 fully saturated rings. The fraction of sp³-hybridized carbons (Fsp3) is 0. The third-order valence-corrected chi connectivity index (χ3v) is 3.96. The lowest BCUT2D eigenvalue weighted by molar-refractivity contribution is 0.102. The lowest BCUT2D eigenvalue weighted by Gasteiger charge is -2.08. The van der Waals surface area contributed by atoms with Crippen molar-refractivity contribution < 1.29 is 9.18 Å². The van der Waals surface area contributed by atoms with Crippen LogP contribution in [0, 0.1) is 5.82 Å². The molecule has 1 heterocycles. The first kappa shape index (κ1) is 16.1. The van der Waals surface area contributed by atoms with Crippen LogP contribution in [-0.2, 0) is 0 Å². The molecule has 6 heteroatoms. The van der Waals surface area contributed by atoms with Crippen LogP contribution in [0.15, 0.2) is 71.3 Å². The number of nitrogens with zero attached hydrogens (tertiary/aromatic N) is 1. The summed E-state index contributed by atoms with van der Waals surface area (Å²) in [6.07, 6.45) is 1.48. The molecule has 0 aliphatic carbocycles. The number of para-hydroxylation sites is 1. The zero-order valence-electron chi connectivity index (χ0n) is 12.5. The second kappa shape index (κ2) is 7.23. The lowest BCUT2D eigenvalue weighted by Crippen LogP contribution is -2.12. The zero-order chi connectivity index (χ0) is 16.9. The zero-order valence-corrected chi connectivity index (χ0v) is 14.0. The minimum atomic E-state index is -0.299. The van der Waals surface area contributed by atoms with E-state index in [-0.39, 0.29) is 11.7 Å². The number of benzene rings is 2. The SMILES string of the molecule is O=C(Nc1ccccc1Br)c1ccc(Nc2ccc(F)cc2)nc1. The van der Waals surface area contributed by atoms with Gasteiger partial charge in [0.15, 0.2) is 0 Å². The van der Waals surface area contributed by atoms with Gasteiger partial charge in [0.25, 0.3) is 5.91 Å². The number of nitrogens with one attached hydrogen (secondary N) is 2. The van der Waals surface area contributed by atoms with E-state index in [1.54, 1.807) is 30.3 Å². The highest BCUT2D eigenvalue weighted by molar-refractivity contribution is 9.10. The highest BCUT2D eigenvalue weighted by atomic mass is 79.9. The molecule has 0 radical (unpaired) electrons. The Bertz CT molecular complexity index is 851. The van der Waals surface area contributed by atoms with Crippen molar-refractivity contribution in [2.24, 2.45) is 0 Å². The van der Waals surface area contributed by atoms with Crippen molar-refractivity contribution in [2.45, 2.75) is 0 Å². The van der Waals surface area contributed by atoms with Crippen LogP contribution in [0.5, 0.6) is 0 Å². The van der Waals surface area contributed by atoms with E-state index < -0.39 is 0 Å². The third kappa shape index (κ3) is 3.97. The molecule has 0 atom stereocenters. The summed E-state index contributed by atoms with van der Waals surface area (Å²) in [6, 6.07) is 16.7. The molecule has 2 aromatic carbocycles. The molecule has 4 nitrogen and oxygen atoms in total. The Morgan fingerprint density at radius 3 is 2.42 bits per heavy atom. The van der Waals surface area contributed by atoms with Crippen LogP contribution < -0.4 is 10.6 Å². The van der Waals surface area contributed by atoms with E-state index in [0.29, 0.717) is 22.8 Å². The van der Waals surface area contributed by atoms with Crippen LogP contribution in [0.3, 0.4) is 0 Å². The monoisotopic (exact) mass is 385 g/mol. The smallest absolute Gasteiger partial charge is 0.257 e. The normalized spacial score (nSPS) is 10.2. The van der Waals surface area contributed by atoms with Gasteiger partial charge in [0.1, 0.15) is 11.6 Å². The van der Waals surface area contributed by atoms with Crippen molar-refractivity contribution in [2.75, 3.05) is 10.6 Å². The molecule has 0 bridgehead atoms. The molecule has 1 amide bonds. The highest BCUT2D eigenvalue weighted by Crippen LogP contribution is 2.22. The first-order chi connectivity index (χ1) is 11.6. The molecule has 2 N–H and O–H groups in total. The van der Waals surface area contributed by atoms with Gasteiger partial charge >= 0.3 is 0 Å². The predicted molar refractivity (Wildman–Crippen MR) is 96.0 cm³/mol. The first-order valence-corrected chi connectivity index (χ1v) is 7.95. The Labute approximate surface area is 146 Å². The largest absolute Gasteiger partial charge is 0.340 e. The van der Waals surface area contributed by atoms with Gasteiger partial charge in [0, 0.05) is 16.4 Å². The molecule has 24 heavy (non-hydrogen) atoms. The van der Waals surface area contributed by atoms with E-state index in [0.717, 1.165) is 4.47 Å². The molecule has 0 unspecified atom stereocenters. The van der Waals surface area contributed by atoms with Crippen molar-refractivity contribution in [1.29, 1.82) is 0 Å². The summed E-state index contributed by atoms with van der Waals surface area (Å²) in [5.41, 5.74) is 1.85. The van der Waals surface area contributed by atoms with Gasteiger partial charge in [0.05, 0.1) is 11.3 Å².